The van der Waals surface area contributed by atoms with E-state index in [9.17, 15) is 19.5 Å². The fraction of sp³-hybridized carbons (Fsp3) is 0.211. The van der Waals surface area contributed by atoms with Crippen LogP contribution >= 0.6 is 0 Å². The molecule has 2 aromatic carbocycles. The maximum Gasteiger partial charge on any atom is 0.256 e. The van der Waals surface area contributed by atoms with Crippen molar-refractivity contribution >= 4 is 29.2 Å². The van der Waals surface area contributed by atoms with Crippen LogP contribution in [0.5, 0.6) is 5.75 Å². The number of amides is 2. The number of imide groups is 1. The highest BCUT2D eigenvalue weighted by Crippen LogP contribution is 2.32. The number of methoxy groups -OCH3 is 1. The molecule has 7 nitrogen and oxygen atoms in total. The van der Waals surface area contributed by atoms with Crippen LogP contribution in [0.1, 0.15) is 12.0 Å². The normalized spacial score (nSPS) is 16.7. The molecule has 0 bridgehead atoms. The van der Waals surface area contributed by atoms with Crippen molar-refractivity contribution in [1.82, 2.24) is 0 Å². The third-order valence-corrected chi connectivity index (χ3v) is 4.12. The minimum absolute atomic E-state index is 0.0255. The predicted molar refractivity (Wildman–Crippen MR) is 92.7 cm³/mol. The first-order chi connectivity index (χ1) is 12.5. The number of hydrogen-bond acceptors (Lipinski definition) is 6. The lowest BCUT2D eigenvalue weighted by Crippen LogP contribution is -2.35. The van der Waals surface area contributed by atoms with Crippen LogP contribution in [0.3, 0.4) is 0 Å². The van der Waals surface area contributed by atoms with Gasteiger partial charge >= 0.3 is 0 Å². The summed E-state index contributed by atoms with van der Waals surface area (Å²) in [6.07, 6.45) is -0.152. The maximum atomic E-state index is 12.7. The molecule has 1 N–H and O–H groups in total. The number of carbonyl (C=O) groups excluding carboxylic acids is 3. The van der Waals surface area contributed by atoms with Crippen LogP contribution in [0.15, 0.2) is 48.5 Å². The Bertz CT molecular complexity index is 847. The fourth-order valence-corrected chi connectivity index (χ4v) is 2.90. The highest BCUT2D eigenvalue weighted by Gasteiger charge is 2.40. The summed E-state index contributed by atoms with van der Waals surface area (Å²) in [6, 6.07) is 12.8. The summed E-state index contributed by atoms with van der Waals surface area (Å²) in [7, 11) is 1.48. The monoisotopic (exact) mass is 353 g/mol. The molecule has 0 spiro atoms. The van der Waals surface area contributed by atoms with Crippen molar-refractivity contribution < 1.29 is 24.2 Å². The molecule has 1 aliphatic rings. The van der Waals surface area contributed by atoms with Crippen LogP contribution in [-0.2, 0) is 20.8 Å². The number of benzene rings is 2. The van der Waals surface area contributed by atoms with Crippen molar-refractivity contribution in [1.29, 1.82) is 0 Å². The van der Waals surface area contributed by atoms with Gasteiger partial charge in [-0.3, -0.25) is 9.59 Å². The molecule has 0 aromatic heterocycles. The van der Waals surface area contributed by atoms with Gasteiger partial charge in [0.25, 0.3) is 5.91 Å². The Morgan fingerprint density at radius 1 is 1.19 bits per heavy atom. The van der Waals surface area contributed by atoms with Crippen LogP contribution in [-0.4, -0.2) is 30.9 Å². The Balaban J connectivity index is 1.76. The van der Waals surface area contributed by atoms with E-state index in [0.29, 0.717) is 22.7 Å². The van der Waals surface area contributed by atoms with E-state index in [2.05, 4.69) is 5.32 Å². The van der Waals surface area contributed by atoms with E-state index in [-0.39, 0.29) is 24.7 Å². The van der Waals surface area contributed by atoms with Crippen molar-refractivity contribution in [2.24, 2.45) is 0 Å². The molecule has 1 atom stereocenters. The minimum atomic E-state index is -1.16. The third kappa shape index (κ3) is 3.51. The number of carboxylic acid groups (broad SMARTS) is 1. The molecule has 26 heavy (non-hydrogen) atoms. The van der Waals surface area contributed by atoms with Crippen LogP contribution in [0.2, 0.25) is 0 Å². The van der Waals surface area contributed by atoms with E-state index in [4.69, 9.17) is 4.74 Å². The van der Waals surface area contributed by atoms with Crippen LogP contribution in [0, 0.1) is 0 Å². The lowest BCUT2D eigenvalue weighted by atomic mass is 10.1. The Hall–Kier alpha value is -3.35. The molecule has 0 saturated carbocycles. The summed E-state index contributed by atoms with van der Waals surface area (Å²) in [6.45, 7) is 0. The molecular formula is C19H17N2O5-. The SMILES string of the molecule is COc1ccccc1N1C(=O)C[C@@H](Nc2ccc(CC(=O)[O-])cc2)C1=O. The Labute approximate surface area is 150 Å². The summed E-state index contributed by atoms with van der Waals surface area (Å²) in [5.74, 6) is -1.39. The van der Waals surface area contributed by atoms with Crippen molar-refractivity contribution in [3.8, 4) is 5.75 Å². The minimum Gasteiger partial charge on any atom is -0.550 e. The first-order valence-corrected chi connectivity index (χ1v) is 8.04. The summed E-state index contributed by atoms with van der Waals surface area (Å²) in [4.78, 5) is 36.8. The lowest BCUT2D eigenvalue weighted by molar-refractivity contribution is -0.304. The number of para-hydroxylation sites is 2. The molecule has 0 unspecified atom stereocenters. The predicted octanol–water partition coefficient (Wildman–Crippen LogP) is 0.732. The van der Waals surface area contributed by atoms with Gasteiger partial charge in [0.2, 0.25) is 5.91 Å². The molecule has 134 valence electrons. The molecule has 1 aliphatic heterocycles. The van der Waals surface area contributed by atoms with Gasteiger partial charge in [0.1, 0.15) is 11.8 Å². The number of nitrogens with zero attached hydrogens (tertiary/aromatic N) is 1. The lowest BCUT2D eigenvalue weighted by Gasteiger charge is -2.18. The number of rotatable bonds is 6. The average molecular weight is 353 g/mol. The van der Waals surface area contributed by atoms with E-state index in [1.54, 1.807) is 48.5 Å². The van der Waals surface area contributed by atoms with E-state index < -0.39 is 12.0 Å². The third-order valence-electron chi connectivity index (χ3n) is 4.12. The van der Waals surface area contributed by atoms with Crippen LogP contribution in [0.4, 0.5) is 11.4 Å². The van der Waals surface area contributed by atoms with Crippen molar-refractivity contribution in [3.63, 3.8) is 0 Å². The molecule has 2 aromatic rings. The quantitative estimate of drug-likeness (QED) is 0.769. The fourth-order valence-electron chi connectivity index (χ4n) is 2.90. The number of aliphatic carboxylic acids is 1. The zero-order chi connectivity index (χ0) is 18.7. The van der Waals surface area contributed by atoms with Gasteiger partial charge < -0.3 is 20.0 Å². The van der Waals surface area contributed by atoms with E-state index in [1.807, 2.05) is 0 Å². The molecule has 1 saturated heterocycles. The van der Waals surface area contributed by atoms with Gasteiger partial charge in [-0.15, -0.1) is 0 Å². The molecule has 3 rings (SSSR count). The smallest absolute Gasteiger partial charge is 0.256 e. The second-order valence-electron chi connectivity index (χ2n) is 5.89. The van der Waals surface area contributed by atoms with Crippen LogP contribution in [0.25, 0.3) is 0 Å². The second-order valence-corrected chi connectivity index (χ2v) is 5.89. The zero-order valence-corrected chi connectivity index (χ0v) is 14.1. The number of nitrogens with one attached hydrogen (secondary N) is 1. The van der Waals surface area contributed by atoms with Gasteiger partial charge in [-0.2, -0.15) is 0 Å². The summed E-state index contributed by atoms with van der Waals surface area (Å²) >= 11 is 0. The number of carboxylic acids is 1. The van der Waals surface area contributed by atoms with Crippen LogP contribution < -0.4 is 20.1 Å². The number of anilines is 2. The second kappa shape index (κ2) is 7.26. The maximum absolute atomic E-state index is 12.7. The topological polar surface area (TPSA) is 98.8 Å². The molecule has 0 aliphatic carbocycles. The first kappa shape index (κ1) is 17.5. The summed E-state index contributed by atoms with van der Waals surface area (Å²) < 4.78 is 5.23. The molecule has 1 fully saturated rings. The molecule has 7 heteroatoms. The molecular weight excluding hydrogens is 336 g/mol. The highest BCUT2D eigenvalue weighted by atomic mass is 16.5. The van der Waals surface area contributed by atoms with E-state index in [0.717, 1.165) is 4.90 Å². The van der Waals surface area contributed by atoms with Gasteiger partial charge in [-0.25, -0.2) is 4.90 Å². The summed E-state index contributed by atoms with van der Waals surface area (Å²) in [5.41, 5.74) is 1.64. The highest BCUT2D eigenvalue weighted by molar-refractivity contribution is 6.23. The van der Waals surface area contributed by atoms with Crippen molar-refractivity contribution in [2.75, 3.05) is 17.3 Å². The largest absolute Gasteiger partial charge is 0.550 e. The average Bonchev–Trinajstić information content (AvgIpc) is 2.89. The molecule has 0 radical (unpaired) electrons. The Morgan fingerprint density at radius 2 is 1.88 bits per heavy atom. The van der Waals surface area contributed by atoms with Gasteiger partial charge in [0, 0.05) is 18.1 Å². The number of hydrogen-bond donors (Lipinski definition) is 1. The van der Waals surface area contributed by atoms with Crippen molar-refractivity contribution in [3.05, 3.63) is 54.1 Å². The number of carbonyl (C=O) groups is 3. The number of ether oxygens (including phenoxy) is 1. The van der Waals surface area contributed by atoms with Gasteiger partial charge in [0.05, 0.1) is 19.2 Å². The standard InChI is InChI=1S/C19H18N2O5/c1-26-16-5-3-2-4-15(16)21-17(22)11-14(19(21)25)20-13-8-6-12(7-9-13)10-18(23)24/h2-9,14,20H,10-11H2,1H3,(H,23,24)/p-1/t14-/m1/s1. The first-order valence-electron chi connectivity index (χ1n) is 8.04. The van der Waals surface area contributed by atoms with E-state index >= 15 is 0 Å². The zero-order valence-electron chi connectivity index (χ0n) is 14.1. The summed E-state index contributed by atoms with van der Waals surface area (Å²) in [5, 5.41) is 13.6. The molecule has 2 amide bonds. The Morgan fingerprint density at radius 3 is 2.54 bits per heavy atom. The molecule has 1 heterocycles. The van der Waals surface area contributed by atoms with Crippen molar-refractivity contribution in [2.45, 2.75) is 18.9 Å². The van der Waals surface area contributed by atoms with Gasteiger partial charge in [-0.1, -0.05) is 24.3 Å². The van der Waals surface area contributed by atoms with E-state index in [1.165, 1.54) is 7.11 Å². The Kier molecular flexibility index (Phi) is 4.88. The van der Waals surface area contributed by atoms with Gasteiger partial charge in [0.15, 0.2) is 0 Å². The van der Waals surface area contributed by atoms with Gasteiger partial charge in [-0.05, 0) is 29.8 Å².